The molecule has 0 fully saturated rings. The van der Waals surface area contributed by atoms with Gasteiger partial charge in [0.15, 0.2) is 5.75 Å². The predicted octanol–water partition coefficient (Wildman–Crippen LogP) is 2.76. The molecular weight excluding hydrogens is 274 g/mol. The van der Waals surface area contributed by atoms with Crippen molar-refractivity contribution in [2.24, 2.45) is 5.10 Å². The zero-order valence-corrected chi connectivity index (χ0v) is 11.2. The van der Waals surface area contributed by atoms with Gasteiger partial charge in [-0.15, -0.1) is 0 Å². The lowest BCUT2D eigenvalue weighted by Gasteiger charge is -2.05. The number of aromatic hydroxyl groups is 1. The average Bonchev–Trinajstić information content (AvgIpc) is 2.47. The van der Waals surface area contributed by atoms with Crippen molar-refractivity contribution in [2.75, 3.05) is 12.5 Å². The molecule has 0 amide bonds. The van der Waals surface area contributed by atoms with Gasteiger partial charge in [-0.05, 0) is 18.2 Å². The van der Waals surface area contributed by atoms with Crippen LogP contribution in [0.4, 0.5) is 11.4 Å². The van der Waals surface area contributed by atoms with E-state index in [0.717, 1.165) is 5.69 Å². The van der Waals surface area contributed by atoms with Gasteiger partial charge in [-0.1, -0.05) is 18.2 Å². The first-order chi connectivity index (χ1) is 10.1. The van der Waals surface area contributed by atoms with Crippen molar-refractivity contribution in [3.8, 4) is 11.5 Å². The molecule has 7 heteroatoms. The summed E-state index contributed by atoms with van der Waals surface area (Å²) in [4.78, 5) is 10.3. The Balaban J connectivity index is 2.22. The van der Waals surface area contributed by atoms with Crippen LogP contribution in [0.15, 0.2) is 47.6 Å². The molecule has 0 heterocycles. The van der Waals surface area contributed by atoms with Crippen molar-refractivity contribution in [3.63, 3.8) is 0 Å². The third-order valence-electron chi connectivity index (χ3n) is 2.65. The predicted molar refractivity (Wildman–Crippen MR) is 79.0 cm³/mol. The Morgan fingerprint density at radius 2 is 2.05 bits per heavy atom. The van der Waals surface area contributed by atoms with Crippen molar-refractivity contribution in [2.45, 2.75) is 0 Å². The van der Waals surface area contributed by atoms with Crippen LogP contribution in [0.3, 0.4) is 0 Å². The van der Waals surface area contributed by atoms with Crippen LogP contribution in [0.5, 0.6) is 11.5 Å². The van der Waals surface area contributed by atoms with Crippen LogP contribution in [0.2, 0.25) is 0 Å². The Bertz CT molecular complexity index is 671. The topological polar surface area (TPSA) is 97.0 Å². The molecule has 0 aliphatic rings. The molecule has 21 heavy (non-hydrogen) atoms. The number of hydrazone groups is 1. The number of rotatable bonds is 5. The molecule has 0 aliphatic heterocycles. The number of para-hydroxylation sites is 1. The Morgan fingerprint density at radius 1 is 1.33 bits per heavy atom. The fraction of sp³-hybridized carbons (Fsp3) is 0.0714. The molecule has 0 unspecified atom stereocenters. The van der Waals surface area contributed by atoms with Crippen LogP contribution >= 0.6 is 0 Å². The van der Waals surface area contributed by atoms with E-state index in [4.69, 9.17) is 4.74 Å². The molecule has 0 atom stereocenters. The minimum atomic E-state index is -0.624. The number of benzene rings is 2. The smallest absolute Gasteiger partial charge is 0.315 e. The van der Waals surface area contributed by atoms with Gasteiger partial charge in [-0.3, -0.25) is 15.5 Å². The van der Waals surface area contributed by atoms with Crippen molar-refractivity contribution < 1.29 is 14.8 Å². The first kappa shape index (κ1) is 14.3. The normalized spacial score (nSPS) is 10.5. The maximum absolute atomic E-state index is 10.9. The highest BCUT2D eigenvalue weighted by Gasteiger charge is 2.19. The molecule has 7 nitrogen and oxygen atoms in total. The molecule has 2 aromatic carbocycles. The summed E-state index contributed by atoms with van der Waals surface area (Å²) in [5.74, 6) is -0.485. The van der Waals surface area contributed by atoms with Crippen molar-refractivity contribution in [1.29, 1.82) is 0 Å². The summed E-state index contributed by atoms with van der Waals surface area (Å²) in [7, 11) is 1.26. The van der Waals surface area contributed by atoms with Gasteiger partial charge in [-0.25, -0.2) is 0 Å². The SMILES string of the molecule is COc1c(O)cc(C=NNc2ccccc2)cc1[N+](=O)[O-]. The van der Waals surface area contributed by atoms with Gasteiger partial charge < -0.3 is 9.84 Å². The fourth-order valence-electron chi connectivity index (χ4n) is 1.73. The quantitative estimate of drug-likeness (QED) is 0.500. The molecule has 2 rings (SSSR count). The number of nitro benzene ring substituents is 1. The fourth-order valence-corrected chi connectivity index (χ4v) is 1.73. The second kappa shape index (κ2) is 6.38. The number of nitrogens with zero attached hydrogens (tertiary/aromatic N) is 2. The molecule has 2 aromatic rings. The van der Waals surface area contributed by atoms with E-state index in [1.165, 1.54) is 25.5 Å². The van der Waals surface area contributed by atoms with Crippen LogP contribution in [-0.2, 0) is 0 Å². The van der Waals surface area contributed by atoms with Crippen LogP contribution in [0, 0.1) is 10.1 Å². The summed E-state index contributed by atoms with van der Waals surface area (Å²) in [6.45, 7) is 0. The van der Waals surface area contributed by atoms with Gasteiger partial charge in [0.1, 0.15) is 0 Å². The van der Waals surface area contributed by atoms with Crippen LogP contribution in [0.25, 0.3) is 0 Å². The molecule has 108 valence electrons. The number of ether oxygens (including phenoxy) is 1. The summed E-state index contributed by atoms with van der Waals surface area (Å²) in [6.07, 6.45) is 1.37. The summed E-state index contributed by atoms with van der Waals surface area (Å²) < 4.78 is 4.81. The monoisotopic (exact) mass is 287 g/mol. The summed E-state index contributed by atoms with van der Waals surface area (Å²) >= 11 is 0. The molecule has 0 spiro atoms. The molecule has 0 radical (unpaired) electrons. The zero-order chi connectivity index (χ0) is 15.2. The number of hydrogen-bond acceptors (Lipinski definition) is 6. The van der Waals surface area contributed by atoms with Gasteiger partial charge in [-0.2, -0.15) is 5.10 Å². The Hall–Kier alpha value is -3.09. The summed E-state index contributed by atoms with van der Waals surface area (Å²) in [6, 6.07) is 11.8. The number of nitro groups is 1. The van der Waals surface area contributed by atoms with E-state index < -0.39 is 4.92 Å². The minimum absolute atomic E-state index is 0.173. The largest absolute Gasteiger partial charge is 0.504 e. The lowest BCUT2D eigenvalue weighted by Crippen LogP contribution is -1.97. The average molecular weight is 287 g/mol. The number of anilines is 1. The maximum Gasteiger partial charge on any atom is 0.315 e. The lowest BCUT2D eigenvalue weighted by molar-refractivity contribution is -0.385. The van der Waals surface area contributed by atoms with E-state index in [1.54, 1.807) is 0 Å². The molecule has 0 saturated heterocycles. The summed E-state index contributed by atoms with van der Waals surface area (Å²) in [5, 5.41) is 24.6. The first-order valence-electron chi connectivity index (χ1n) is 6.01. The Morgan fingerprint density at radius 3 is 2.67 bits per heavy atom. The second-order valence-electron chi connectivity index (χ2n) is 4.09. The van der Waals surface area contributed by atoms with Gasteiger partial charge in [0.2, 0.25) is 5.75 Å². The van der Waals surface area contributed by atoms with Crippen LogP contribution in [0.1, 0.15) is 5.56 Å². The molecule has 0 saturated carbocycles. The standard InChI is InChI=1S/C14H13N3O4/c1-21-14-12(17(19)20)7-10(8-13(14)18)9-15-16-11-5-3-2-4-6-11/h2-9,16,18H,1H3. The third kappa shape index (κ3) is 3.47. The van der Waals surface area contributed by atoms with Gasteiger partial charge in [0.05, 0.1) is 23.9 Å². The van der Waals surface area contributed by atoms with Crippen molar-refractivity contribution >= 4 is 17.6 Å². The van der Waals surface area contributed by atoms with Gasteiger partial charge in [0.25, 0.3) is 0 Å². The maximum atomic E-state index is 10.9. The number of phenols is 1. The van der Waals surface area contributed by atoms with Crippen LogP contribution in [-0.4, -0.2) is 23.4 Å². The number of methoxy groups -OCH3 is 1. The van der Waals surface area contributed by atoms with E-state index in [1.807, 2.05) is 30.3 Å². The van der Waals surface area contributed by atoms with Gasteiger partial charge >= 0.3 is 5.69 Å². The van der Waals surface area contributed by atoms with Gasteiger partial charge in [0, 0.05) is 11.6 Å². The van der Waals surface area contributed by atoms with Crippen molar-refractivity contribution in [1.82, 2.24) is 0 Å². The van der Waals surface area contributed by atoms with E-state index in [2.05, 4.69) is 10.5 Å². The highest BCUT2D eigenvalue weighted by Crippen LogP contribution is 2.36. The third-order valence-corrected chi connectivity index (χ3v) is 2.65. The first-order valence-corrected chi connectivity index (χ1v) is 6.01. The lowest BCUT2D eigenvalue weighted by atomic mass is 10.2. The zero-order valence-electron chi connectivity index (χ0n) is 11.2. The second-order valence-corrected chi connectivity index (χ2v) is 4.09. The van der Waals surface area contributed by atoms with E-state index in [9.17, 15) is 15.2 Å². The minimum Gasteiger partial charge on any atom is -0.504 e. The number of hydrogen-bond donors (Lipinski definition) is 2. The molecular formula is C14H13N3O4. The molecule has 2 N–H and O–H groups in total. The Kier molecular flexibility index (Phi) is 4.35. The van der Waals surface area contributed by atoms with E-state index in [0.29, 0.717) is 5.56 Å². The summed E-state index contributed by atoms with van der Waals surface area (Å²) in [5.41, 5.74) is 3.61. The Labute approximate surface area is 120 Å². The molecule has 0 bridgehead atoms. The van der Waals surface area contributed by atoms with E-state index in [-0.39, 0.29) is 17.2 Å². The molecule has 0 aliphatic carbocycles. The number of nitrogens with one attached hydrogen (secondary N) is 1. The van der Waals surface area contributed by atoms with E-state index >= 15 is 0 Å². The highest BCUT2D eigenvalue weighted by molar-refractivity contribution is 5.83. The molecule has 0 aromatic heterocycles. The van der Waals surface area contributed by atoms with Crippen LogP contribution < -0.4 is 10.2 Å². The number of phenolic OH excluding ortho intramolecular Hbond substituents is 1. The van der Waals surface area contributed by atoms with Crippen molar-refractivity contribution in [3.05, 3.63) is 58.1 Å². The highest BCUT2D eigenvalue weighted by atomic mass is 16.6.